The summed E-state index contributed by atoms with van der Waals surface area (Å²) in [7, 11) is 0. The average molecular weight is 255 g/mol. The highest BCUT2D eigenvalue weighted by atomic mass is 15.4. The number of rotatable bonds is 1. The number of benzene rings is 1. The maximum atomic E-state index is 6.21. The Balaban J connectivity index is 2.27. The van der Waals surface area contributed by atoms with Crippen molar-refractivity contribution < 1.29 is 0 Å². The molecule has 0 atom stereocenters. The molecule has 19 heavy (non-hydrogen) atoms. The van der Waals surface area contributed by atoms with Crippen molar-refractivity contribution >= 4 is 22.8 Å². The molecule has 1 aliphatic rings. The van der Waals surface area contributed by atoms with Crippen molar-refractivity contribution in [2.75, 3.05) is 0 Å². The summed E-state index contributed by atoms with van der Waals surface area (Å²) in [6, 6.07) is 9.42. The van der Waals surface area contributed by atoms with Gasteiger partial charge in [0.25, 0.3) is 0 Å². The van der Waals surface area contributed by atoms with E-state index in [1.54, 1.807) is 6.20 Å². The number of aromatic nitrogens is 1. The van der Waals surface area contributed by atoms with Crippen LogP contribution < -0.4 is 22.5 Å². The van der Waals surface area contributed by atoms with E-state index in [4.69, 9.17) is 17.2 Å². The van der Waals surface area contributed by atoms with Crippen LogP contribution in [0.4, 0.5) is 0 Å². The first-order valence-electron chi connectivity index (χ1n) is 5.69. The fourth-order valence-corrected chi connectivity index (χ4v) is 2.10. The molecule has 2 heterocycles. The molecular formula is C12H13N7. The molecule has 7 N–H and O–H groups in total. The lowest BCUT2D eigenvalue weighted by molar-refractivity contribution is 0.488. The van der Waals surface area contributed by atoms with E-state index in [9.17, 15) is 0 Å². The van der Waals surface area contributed by atoms with Gasteiger partial charge in [0.15, 0.2) is 11.9 Å². The van der Waals surface area contributed by atoms with Gasteiger partial charge >= 0.3 is 0 Å². The van der Waals surface area contributed by atoms with E-state index >= 15 is 0 Å². The van der Waals surface area contributed by atoms with Crippen molar-refractivity contribution in [3.63, 3.8) is 0 Å². The van der Waals surface area contributed by atoms with E-state index in [2.05, 4.69) is 20.3 Å². The molecule has 3 rings (SSSR count). The van der Waals surface area contributed by atoms with Gasteiger partial charge in [-0.3, -0.25) is 16.0 Å². The fourth-order valence-electron chi connectivity index (χ4n) is 2.10. The molecule has 0 saturated heterocycles. The van der Waals surface area contributed by atoms with Crippen LogP contribution in [0.15, 0.2) is 46.5 Å². The van der Waals surface area contributed by atoms with Gasteiger partial charge in [0.05, 0.1) is 5.52 Å². The van der Waals surface area contributed by atoms with Gasteiger partial charge in [-0.05, 0) is 6.07 Å². The normalized spacial score (nSPS) is 17.5. The number of para-hydroxylation sites is 1. The lowest BCUT2D eigenvalue weighted by Gasteiger charge is -2.26. The summed E-state index contributed by atoms with van der Waals surface area (Å²) in [5.41, 5.74) is 18.9. The second-order valence-electron chi connectivity index (χ2n) is 4.23. The first kappa shape index (κ1) is 11.4. The molecule has 0 saturated carbocycles. The van der Waals surface area contributed by atoms with Crippen LogP contribution in [0.1, 0.15) is 5.56 Å². The number of guanidine groups is 2. The summed E-state index contributed by atoms with van der Waals surface area (Å²) in [6.45, 7) is 0. The standard InChI is InChI=1S/C12H13N7/c13-10-17-11(14)19-12(15,18-10)8-5-1-3-7-4-2-6-16-9(7)8/h1-6H,15H2,(H5,13,14,17,18,19). The van der Waals surface area contributed by atoms with E-state index in [0.29, 0.717) is 5.56 Å². The van der Waals surface area contributed by atoms with Gasteiger partial charge in [-0.25, -0.2) is 9.98 Å². The van der Waals surface area contributed by atoms with Crippen LogP contribution in [0, 0.1) is 0 Å². The maximum Gasteiger partial charge on any atom is 0.238 e. The predicted octanol–water partition coefficient (Wildman–Crippen LogP) is -0.464. The highest BCUT2D eigenvalue weighted by Crippen LogP contribution is 2.28. The van der Waals surface area contributed by atoms with Gasteiger partial charge < -0.3 is 11.5 Å². The van der Waals surface area contributed by atoms with Crippen LogP contribution in [0.5, 0.6) is 0 Å². The minimum absolute atomic E-state index is 0.128. The van der Waals surface area contributed by atoms with E-state index in [-0.39, 0.29) is 11.9 Å². The van der Waals surface area contributed by atoms with Crippen LogP contribution in [0.25, 0.3) is 10.9 Å². The zero-order valence-electron chi connectivity index (χ0n) is 10.0. The molecule has 0 aliphatic carbocycles. The molecule has 2 aromatic rings. The molecule has 0 fully saturated rings. The lowest BCUT2D eigenvalue weighted by Crippen LogP contribution is -2.51. The number of nitrogens with two attached hydrogens (primary N) is 3. The first-order chi connectivity index (χ1) is 9.08. The third-order valence-electron chi connectivity index (χ3n) is 2.87. The van der Waals surface area contributed by atoms with Gasteiger partial charge in [-0.2, -0.15) is 0 Å². The van der Waals surface area contributed by atoms with E-state index in [0.717, 1.165) is 10.9 Å². The highest BCUT2D eigenvalue weighted by Gasteiger charge is 2.32. The second kappa shape index (κ2) is 3.92. The summed E-state index contributed by atoms with van der Waals surface area (Å²) in [5.74, 6) is -1.10. The van der Waals surface area contributed by atoms with Crippen LogP contribution in [0.2, 0.25) is 0 Å². The first-order valence-corrected chi connectivity index (χ1v) is 5.69. The molecule has 1 aromatic heterocycles. The Morgan fingerprint density at radius 3 is 2.42 bits per heavy atom. The molecule has 0 radical (unpaired) electrons. The van der Waals surface area contributed by atoms with E-state index < -0.39 is 5.79 Å². The number of pyridine rings is 1. The highest BCUT2D eigenvalue weighted by molar-refractivity contribution is 5.99. The number of fused-ring (bicyclic) bond motifs is 1. The quantitative estimate of drug-likeness (QED) is 0.548. The van der Waals surface area contributed by atoms with Crippen molar-refractivity contribution in [1.82, 2.24) is 10.3 Å². The van der Waals surface area contributed by atoms with Crippen molar-refractivity contribution in [1.29, 1.82) is 0 Å². The molecule has 1 aromatic carbocycles. The third-order valence-corrected chi connectivity index (χ3v) is 2.87. The van der Waals surface area contributed by atoms with E-state index in [1.165, 1.54) is 0 Å². The molecular weight excluding hydrogens is 242 g/mol. The second-order valence-corrected chi connectivity index (χ2v) is 4.23. The molecule has 1 aliphatic heterocycles. The van der Waals surface area contributed by atoms with Crippen LogP contribution in [-0.4, -0.2) is 16.9 Å². The molecule has 0 amide bonds. The Hall–Kier alpha value is -2.67. The molecule has 0 bridgehead atoms. The van der Waals surface area contributed by atoms with Gasteiger partial charge in [-0.15, -0.1) is 0 Å². The Bertz CT molecular complexity index is 681. The monoisotopic (exact) mass is 255 g/mol. The largest absolute Gasteiger partial charge is 0.369 e. The maximum absolute atomic E-state index is 6.21. The summed E-state index contributed by atoms with van der Waals surface area (Å²) >= 11 is 0. The Morgan fingerprint density at radius 2 is 1.68 bits per heavy atom. The molecule has 7 heteroatoms. The third kappa shape index (κ3) is 1.85. The van der Waals surface area contributed by atoms with E-state index in [1.807, 2.05) is 30.3 Å². The van der Waals surface area contributed by atoms with Crippen molar-refractivity contribution in [2.45, 2.75) is 5.79 Å². The van der Waals surface area contributed by atoms with Gasteiger partial charge in [0.2, 0.25) is 5.79 Å². The minimum atomic E-state index is -1.35. The molecule has 0 spiro atoms. The van der Waals surface area contributed by atoms with Crippen molar-refractivity contribution in [3.05, 3.63) is 42.1 Å². The zero-order valence-corrected chi connectivity index (χ0v) is 10.0. The molecule has 96 valence electrons. The molecule has 7 nitrogen and oxygen atoms in total. The number of nitrogens with zero attached hydrogens (tertiary/aromatic N) is 3. The summed E-state index contributed by atoms with van der Waals surface area (Å²) in [6.07, 6.45) is 1.69. The summed E-state index contributed by atoms with van der Waals surface area (Å²) in [4.78, 5) is 12.6. The molecule has 0 unspecified atom stereocenters. The smallest absolute Gasteiger partial charge is 0.238 e. The summed E-state index contributed by atoms with van der Waals surface area (Å²) in [5, 5.41) is 3.56. The zero-order chi connectivity index (χ0) is 13.5. The number of hydrogen-bond acceptors (Lipinski definition) is 7. The van der Waals surface area contributed by atoms with Crippen LogP contribution >= 0.6 is 0 Å². The number of hydrogen-bond donors (Lipinski definition) is 4. The van der Waals surface area contributed by atoms with Gasteiger partial charge in [-0.1, -0.05) is 24.3 Å². The minimum Gasteiger partial charge on any atom is -0.369 e. The van der Waals surface area contributed by atoms with Gasteiger partial charge in [0, 0.05) is 17.1 Å². The Kier molecular flexibility index (Phi) is 2.36. The Labute approximate surface area is 109 Å². The van der Waals surface area contributed by atoms with Crippen molar-refractivity contribution in [3.8, 4) is 0 Å². The predicted molar refractivity (Wildman–Crippen MR) is 74.0 cm³/mol. The average Bonchev–Trinajstić information content (AvgIpc) is 2.36. The topological polar surface area (TPSA) is 128 Å². The lowest BCUT2D eigenvalue weighted by atomic mass is 10.0. The SMILES string of the molecule is NC1=NC(N)(c2cccc3cccnc23)N=C(N)N1. The van der Waals surface area contributed by atoms with Gasteiger partial charge in [0.1, 0.15) is 0 Å². The fraction of sp³-hybridized carbons (Fsp3) is 0.0833. The Morgan fingerprint density at radius 1 is 1.00 bits per heavy atom. The van der Waals surface area contributed by atoms with Crippen molar-refractivity contribution in [2.24, 2.45) is 27.2 Å². The van der Waals surface area contributed by atoms with Crippen LogP contribution in [0.3, 0.4) is 0 Å². The number of aliphatic imine (C=N–C) groups is 2. The summed E-state index contributed by atoms with van der Waals surface area (Å²) < 4.78 is 0. The number of nitrogens with one attached hydrogen (secondary N) is 1. The van der Waals surface area contributed by atoms with Crippen LogP contribution in [-0.2, 0) is 5.79 Å².